The summed E-state index contributed by atoms with van der Waals surface area (Å²) in [5.74, 6) is 1.35. The summed E-state index contributed by atoms with van der Waals surface area (Å²) in [7, 11) is -1.94. The predicted octanol–water partition coefficient (Wildman–Crippen LogP) is 4.15. The van der Waals surface area contributed by atoms with Gasteiger partial charge in [0.15, 0.2) is 8.32 Å². The number of cyclic esters (lactones) is 1. The molecule has 0 aromatic heterocycles. The summed E-state index contributed by atoms with van der Waals surface area (Å²) in [4.78, 5) is 13.2. The van der Waals surface area contributed by atoms with E-state index in [-0.39, 0.29) is 11.0 Å². The zero-order valence-corrected chi connectivity index (χ0v) is 17.9. The normalized spacial score (nSPS) is 44.8. The van der Waals surface area contributed by atoms with Crippen LogP contribution in [0.25, 0.3) is 0 Å². The van der Waals surface area contributed by atoms with Crippen molar-refractivity contribution >= 4 is 14.3 Å². The molecule has 2 saturated heterocycles. The van der Waals surface area contributed by atoms with E-state index >= 15 is 0 Å². The summed E-state index contributed by atoms with van der Waals surface area (Å²) < 4.78 is 19.1. The van der Waals surface area contributed by atoms with Gasteiger partial charge in [0, 0.05) is 5.92 Å². The Labute approximate surface area is 153 Å². The number of carbonyl (C=O) groups is 1. The van der Waals surface area contributed by atoms with E-state index in [1.807, 2.05) is 13.8 Å². The van der Waals surface area contributed by atoms with E-state index in [1.54, 1.807) is 0 Å². The van der Waals surface area contributed by atoms with Crippen LogP contribution in [0.3, 0.4) is 0 Å². The van der Waals surface area contributed by atoms with Crippen LogP contribution in [0, 0.1) is 23.2 Å². The molecular formula is C20H34O4Si. The number of fused-ring (bicyclic) bond motifs is 1. The molecule has 0 bridgehead atoms. The van der Waals surface area contributed by atoms with Gasteiger partial charge in [0.25, 0.3) is 0 Å². The van der Waals surface area contributed by atoms with Gasteiger partial charge in [-0.2, -0.15) is 0 Å². The molecule has 5 atom stereocenters. The largest absolute Gasteiger partial charge is 0.456 e. The summed E-state index contributed by atoms with van der Waals surface area (Å²) >= 11 is 0. The molecule has 0 N–H and O–H groups in total. The minimum absolute atomic E-state index is 0.0694. The number of carbonyl (C=O) groups excluding carboxylic acids is 1. The van der Waals surface area contributed by atoms with Crippen molar-refractivity contribution in [3.63, 3.8) is 0 Å². The summed E-state index contributed by atoms with van der Waals surface area (Å²) in [6.45, 7) is 16.6. The Kier molecular flexibility index (Phi) is 3.53. The maximum Gasteiger partial charge on any atom is 0.318 e. The van der Waals surface area contributed by atoms with Crippen LogP contribution in [0.15, 0.2) is 0 Å². The molecule has 25 heavy (non-hydrogen) atoms. The zero-order chi connectivity index (χ0) is 18.5. The topological polar surface area (TPSA) is 44.8 Å². The van der Waals surface area contributed by atoms with Crippen LogP contribution in [0.1, 0.15) is 53.9 Å². The first-order chi connectivity index (χ1) is 11.4. The second-order valence-corrected chi connectivity index (χ2v) is 15.6. The van der Waals surface area contributed by atoms with E-state index in [0.29, 0.717) is 24.4 Å². The van der Waals surface area contributed by atoms with Gasteiger partial charge < -0.3 is 13.9 Å². The molecule has 5 heteroatoms. The van der Waals surface area contributed by atoms with Crippen molar-refractivity contribution in [2.75, 3.05) is 13.2 Å². The summed E-state index contributed by atoms with van der Waals surface area (Å²) in [6.07, 6.45) is 3.53. The van der Waals surface area contributed by atoms with Crippen molar-refractivity contribution in [2.45, 2.75) is 83.2 Å². The molecule has 0 unspecified atom stereocenters. The third-order valence-electron chi connectivity index (χ3n) is 8.40. The van der Waals surface area contributed by atoms with Gasteiger partial charge in [-0.15, -0.1) is 0 Å². The summed E-state index contributed by atoms with van der Waals surface area (Å²) in [5.41, 5.74) is -1.63. The lowest BCUT2D eigenvalue weighted by molar-refractivity contribution is -0.267. The summed E-state index contributed by atoms with van der Waals surface area (Å²) in [5, 5.41) is 0.129. The second kappa shape index (κ2) is 4.90. The van der Waals surface area contributed by atoms with Crippen molar-refractivity contribution in [3.05, 3.63) is 0 Å². The fourth-order valence-electron chi connectivity index (χ4n) is 6.18. The Bertz CT molecular complexity index is 607. The van der Waals surface area contributed by atoms with Crippen LogP contribution in [0.4, 0.5) is 0 Å². The zero-order valence-electron chi connectivity index (χ0n) is 16.9. The van der Waals surface area contributed by atoms with Crippen molar-refractivity contribution in [1.82, 2.24) is 0 Å². The predicted molar refractivity (Wildman–Crippen MR) is 98.8 cm³/mol. The Hall–Kier alpha value is -0.393. The minimum Gasteiger partial charge on any atom is -0.456 e. The molecule has 4 nitrogen and oxygen atoms in total. The third kappa shape index (κ3) is 1.88. The van der Waals surface area contributed by atoms with Gasteiger partial charge in [0.2, 0.25) is 0 Å². The molecule has 0 aromatic rings. The molecule has 2 saturated carbocycles. The van der Waals surface area contributed by atoms with Gasteiger partial charge in [0.05, 0.1) is 13.2 Å². The molecule has 2 heterocycles. The van der Waals surface area contributed by atoms with Gasteiger partial charge in [0.1, 0.15) is 16.6 Å². The molecule has 4 fully saturated rings. The van der Waals surface area contributed by atoms with Crippen LogP contribution in [0.5, 0.6) is 0 Å². The van der Waals surface area contributed by atoms with E-state index in [9.17, 15) is 4.79 Å². The number of hydrogen-bond donors (Lipinski definition) is 0. The monoisotopic (exact) mass is 366 g/mol. The lowest BCUT2D eigenvalue weighted by atomic mass is 9.38. The molecule has 2 aliphatic heterocycles. The highest BCUT2D eigenvalue weighted by atomic mass is 28.4. The van der Waals surface area contributed by atoms with Gasteiger partial charge in [-0.3, -0.25) is 4.79 Å². The fraction of sp³-hybridized carbons (Fsp3) is 0.950. The van der Waals surface area contributed by atoms with Crippen LogP contribution in [0.2, 0.25) is 18.1 Å². The number of ether oxygens (including phenoxy) is 2. The van der Waals surface area contributed by atoms with Crippen LogP contribution >= 0.6 is 0 Å². The molecule has 1 spiro atoms. The van der Waals surface area contributed by atoms with Gasteiger partial charge in [-0.1, -0.05) is 27.2 Å². The van der Waals surface area contributed by atoms with Crippen molar-refractivity contribution in [2.24, 2.45) is 23.2 Å². The van der Waals surface area contributed by atoms with E-state index < -0.39 is 24.9 Å². The molecule has 0 amide bonds. The fourth-order valence-corrected chi connectivity index (χ4v) is 7.20. The van der Waals surface area contributed by atoms with Crippen LogP contribution in [-0.4, -0.2) is 38.7 Å². The molecule has 2 aliphatic carbocycles. The van der Waals surface area contributed by atoms with Crippen LogP contribution in [-0.2, 0) is 18.7 Å². The standard InChI is InChI=1S/C20H34O4Si/c1-17(2,3)25(6,7)23-12-19-14-10-8-9-13-11-22-20(19,15(13)14)18(4,5)24-16(19)21/h13-15H,8-12H2,1-7H3/t13-,14-,15+,19-,20-/m0/s1. The molecule has 142 valence electrons. The Morgan fingerprint density at radius 1 is 1.24 bits per heavy atom. The maximum absolute atomic E-state index is 13.2. The molecule has 4 rings (SSSR count). The highest BCUT2D eigenvalue weighted by Crippen LogP contribution is 2.77. The van der Waals surface area contributed by atoms with E-state index in [1.165, 1.54) is 12.8 Å². The minimum atomic E-state index is -1.94. The SMILES string of the molecule is CC1(C)OC(=O)[C@]2(CO[Si](C)(C)C(C)(C)C)[C@H]3CCC[C@H]4CO[C@@]12[C@H]43. The van der Waals surface area contributed by atoms with Gasteiger partial charge in [-0.05, 0) is 56.7 Å². The Balaban J connectivity index is 1.72. The lowest BCUT2D eigenvalue weighted by Gasteiger charge is -2.65. The van der Waals surface area contributed by atoms with E-state index in [2.05, 4.69) is 33.9 Å². The quantitative estimate of drug-likeness (QED) is 0.556. The lowest BCUT2D eigenvalue weighted by Crippen LogP contribution is -2.77. The highest BCUT2D eigenvalue weighted by Gasteiger charge is 2.89. The van der Waals surface area contributed by atoms with Crippen molar-refractivity contribution in [1.29, 1.82) is 0 Å². The van der Waals surface area contributed by atoms with Crippen LogP contribution < -0.4 is 0 Å². The number of hydrogen-bond acceptors (Lipinski definition) is 4. The summed E-state index contributed by atoms with van der Waals surface area (Å²) in [6, 6.07) is 0. The number of rotatable bonds is 3. The van der Waals surface area contributed by atoms with E-state index in [4.69, 9.17) is 13.9 Å². The molecular weight excluding hydrogens is 332 g/mol. The number of esters is 1. The highest BCUT2D eigenvalue weighted by molar-refractivity contribution is 6.74. The average Bonchev–Trinajstić information content (AvgIpc) is 2.90. The first-order valence-corrected chi connectivity index (χ1v) is 12.8. The first kappa shape index (κ1) is 18.0. The smallest absolute Gasteiger partial charge is 0.318 e. The van der Waals surface area contributed by atoms with Gasteiger partial charge in [-0.25, -0.2) is 0 Å². The van der Waals surface area contributed by atoms with Crippen molar-refractivity contribution in [3.8, 4) is 0 Å². The molecule has 0 radical (unpaired) electrons. The third-order valence-corrected chi connectivity index (χ3v) is 12.9. The molecule has 4 aliphatic rings. The second-order valence-electron chi connectivity index (χ2n) is 10.8. The Morgan fingerprint density at radius 2 is 1.92 bits per heavy atom. The van der Waals surface area contributed by atoms with Crippen molar-refractivity contribution < 1.29 is 18.7 Å². The maximum atomic E-state index is 13.2. The van der Waals surface area contributed by atoms with E-state index in [0.717, 1.165) is 13.0 Å². The Morgan fingerprint density at radius 3 is 2.56 bits per heavy atom. The van der Waals surface area contributed by atoms with Gasteiger partial charge >= 0.3 is 5.97 Å². The first-order valence-electron chi connectivity index (χ1n) is 9.92. The molecule has 0 aromatic carbocycles. The average molecular weight is 367 g/mol.